The van der Waals surface area contributed by atoms with Crippen LogP contribution in [0.2, 0.25) is 5.02 Å². The molecule has 1 unspecified atom stereocenters. The zero-order valence-electron chi connectivity index (χ0n) is 16.7. The third-order valence-electron chi connectivity index (χ3n) is 4.91. The molecule has 0 N–H and O–H groups in total. The summed E-state index contributed by atoms with van der Waals surface area (Å²) in [5.74, 6) is 1.17. The second-order valence-corrected chi connectivity index (χ2v) is 7.67. The molecule has 0 bridgehead atoms. The van der Waals surface area contributed by atoms with Gasteiger partial charge < -0.3 is 9.30 Å². The van der Waals surface area contributed by atoms with E-state index in [1.807, 2.05) is 41.9 Å². The molecule has 0 aliphatic rings. The Balaban J connectivity index is 1.57. The Bertz CT molecular complexity index is 1250. The molecule has 7 heteroatoms. The van der Waals surface area contributed by atoms with Gasteiger partial charge in [0.05, 0.1) is 16.7 Å². The van der Waals surface area contributed by atoms with Gasteiger partial charge in [0.15, 0.2) is 0 Å². The van der Waals surface area contributed by atoms with Crippen LogP contribution in [-0.2, 0) is 20.1 Å². The number of alkyl halides is 1. The van der Waals surface area contributed by atoms with E-state index < -0.39 is 6.17 Å². The second-order valence-electron chi connectivity index (χ2n) is 7.23. The van der Waals surface area contributed by atoms with Crippen molar-refractivity contribution in [2.45, 2.75) is 26.1 Å². The van der Waals surface area contributed by atoms with Crippen LogP contribution in [0.25, 0.3) is 16.7 Å². The third-order valence-corrected chi connectivity index (χ3v) is 5.16. The lowest BCUT2D eigenvalue weighted by atomic mass is 10.2. The van der Waals surface area contributed by atoms with Crippen LogP contribution in [0.15, 0.2) is 65.6 Å². The van der Waals surface area contributed by atoms with E-state index in [1.165, 1.54) is 13.0 Å². The van der Waals surface area contributed by atoms with E-state index in [0.29, 0.717) is 28.9 Å². The number of rotatable bonds is 6. The highest BCUT2D eigenvalue weighted by molar-refractivity contribution is 6.30. The van der Waals surface area contributed by atoms with Gasteiger partial charge in [-0.1, -0.05) is 23.7 Å². The van der Waals surface area contributed by atoms with Crippen molar-refractivity contribution in [1.29, 1.82) is 0 Å². The lowest BCUT2D eigenvalue weighted by molar-refractivity contribution is 0.305. The van der Waals surface area contributed by atoms with Crippen LogP contribution in [0.1, 0.15) is 18.3 Å². The number of imidazole rings is 1. The first-order chi connectivity index (χ1) is 14.4. The Morgan fingerprint density at radius 2 is 1.90 bits per heavy atom. The van der Waals surface area contributed by atoms with Gasteiger partial charge in [-0.3, -0.25) is 9.36 Å². The van der Waals surface area contributed by atoms with Gasteiger partial charge in [-0.15, -0.1) is 0 Å². The molecule has 0 spiro atoms. The van der Waals surface area contributed by atoms with Gasteiger partial charge in [-0.05, 0) is 48.9 Å². The molecule has 4 rings (SSSR count). The molecule has 2 heterocycles. The molecule has 0 amide bonds. The number of nitrogens with zero attached hydrogens (tertiary/aromatic N) is 3. The number of hydrogen-bond acceptors (Lipinski definition) is 3. The fraction of sp³-hybridized carbons (Fsp3) is 0.217. The Morgan fingerprint density at radius 3 is 2.60 bits per heavy atom. The van der Waals surface area contributed by atoms with Crippen LogP contribution in [0.5, 0.6) is 5.75 Å². The summed E-state index contributed by atoms with van der Waals surface area (Å²) in [4.78, 5) is 17.2. The molecule has 30 heavy (non-hydrogen) atoms. The summed E-state index contributed by atoms with van der Waals surface area (Å²) < 4.78 is 22.5. The van der Waals surface area contributed by atoms with Crippen molar-refractivity contribution in [2.75, 3.05) is 0 Å². The summed E-state index contributed by atoms with van der Waals surface area (Å²) in [5, 5.41) is 0.665. The maximum Gasteiger partial charge on any atom is 0.258 e. The third kappa shape index (κ3) is 4.24. The number of ether oxygens (including phenoxy) is 1. The molecular weight excluding hydrogens is 405 g/mol. The van der Waals surface area contributed by atoms with Crippen molar-refractivity contribution in [3.63, 3.8) is 0 Å². The molecule has 1 atom stereocenters. The predicted octanol–water partition coefficient (Wildman–Crippen LogP) is 4.86. The summed E-state index contributed by atoms with van der Waals surface area (Å²) in [6.07, 6.45) is 0.963. The van der Waals surface area contributed by atoms with Crippen LogP contribution in [0.4, 0.5) is 4.39 Å². The van der Waals surface area contributed by atoms with Gasteiger partial charge in [-0.2, -0.15) is 0 Å². The van der Waals surface area contributed by atoms with Crippen LogP contribution >= 0.6 is 11.6 Å². The first-order valence-corrected chi connectivity index (χ1v) is 9.98. The molecule has 0 saturated carbocycles. The Hall–Kier alpha value is -3.12. The monoisotopic (exact) mass is 425 g/mol. The van der Waals surface area contributed by atoms with E-state index in [2.05, 4.69) is 4.98 Å². The topological polar surface area (TPSA) is 49.1 Å². The van der Waals surface area contributed by atoms with E-state index in [9.17, 15) is 9.18 Å². The predicted molar refractivity (Wildman–Crippen MR) is 116 cm³/mol. The molecule has 0 saturated heterocycles. The van der Waals surface area contributed by atoms with Crippen molar-refractivity contribution >= 4 is 22.6 Å². The molecule has 154 valence electrons. The largest absolute Gasteiger partial charge is 0.489 e. The summed E-state index contributed by atoms with van der Waals surface area (Å²) in [7, 11) is 1.85. The van der Waals surface area contributed by atoms with Crippen molar-refractivity contribution < 1.29 is 9.13 Å². The van der Waals surface area contributed by atoms with E-state index in [-0.39, 0.29) is 12.0 Å². The number of benzene rings is 2. The highest BCUT2D eigenvalue weighted by Gasteiger charge is 2.12. The van der Waals surface area contributed by atoms with Gasteiger partial charge in [0.2, 0.25) is 0 Å². The van der Waals surface area contributed by atoms with Crippen LogP contribution in [-0.4, -0.2) is 20.3 Å². The van der Waals surface area contributed by atoms with E-state index in [0.717, 1.165) is 16.6 Å². The zero-order chi connectivity index (χ0) is 21.3. The highest BCUT2D eigenvalue weighted by atomic mass is 35.5. The minimum absolute atomic E-state index is 0.206. The molecular formula is C23H21ClFN3O2. The zero-order valence-corrected chi connectivity index (χ0v) is 17.4. The average Bonchev–Trinajstić information content (AvgIpc) is 3.02. The number of aryl methyl sites for hydroxylation is 1. The maximum absolute atomic E-state index is 13.4. The lowest BCUT2D eigenvalue weighted by Crippen LogP contribution is -2.16. The molecule has 4 aromatic rings. The summed E-state index contributed by atoms with van der Waals surface area (Å²) >= 11 is 5.89. The summed E-state index contributed by atoms with van der Waals surface area (Å²) in [6.45, 7) is 1.86. The molecule has 0 aliphatic carbocycles. The minimum Gasteiger partial charge on any atom is -0.489 e. The second kappa shape index (κ2) is 8.32. The fourth-order valence-electron chi connectivity index (χ4n) is 3.32. The van der Waals surface area contributed by atoms with Crippen LogP contribution < -0.4 is 10.3 Å². The standard InChI is InChI=1S/C23H21ClFN3O2/c1-15(25)11-22-26-20-8-7-18(12-21(20)27(22)2)28-10-9-19(13-23(28)29)30-14-16-3-5-17(24)6-4-16/h3-10,12-13,15H,11,14H2,1-2H3. The summed E-state index contributed by atoms with van der Waals surface area (Å²) in [6, 6.07) is 16.1. The smallest absolute Gasteiger partial charge is 0.258 e. The number of fused-ring (bicyclic) bond motifs is 1. The molecule has 0 fully saturated rings. The van der Waals surface area contributed by atoms with Gasteiger partial charge in [0, 0.05) is 30.8 Å². The van der Waals surface area contributed by atoms with E-state index in [1.54, 1.807) is 29.0 Å². The molecule has 2 aromatic carbocycles. The maximum atomic E-state index is 13.4. The van der Waals surface area contributed by atoms with Gasteiger partial charge in [0.25, 0.3) is 5.56 Å². The quantitative estimate of drug-likeness (QED) is 0.443. The number of pyridine rings is 1. The molecule has 2 aromatic heterocycles. The lowest BCUT2D eigenvalue weighted by Gasteiger charge is -2.10. The van der Waals surface area contributed by atoms with Crippen LogP contribution in [0.3, 0.4) is 0 Å². The average molecular weight is 426 g/mol. The first-order valence-electron chi connectivity index (χ1n) is 9.60. The molecule has 0 radical (unpaired) electrons. The van der Waals surface area contributed by atoms with Gasteiger partial charge in [-0.25, -0.2) is 9.37 Å². The van der Waals surface area contributed by atoms with Crippen molar-refractivity contribution in [3.05, 3.63) is 87.6 Å². The van der Waals surface area contributed by atoms with E-state index >= 15 is 0 Å². The number of aromatic nitrogens is 3. The minimum atomic E-state index is -0.969. The van der Waals surface area contributed by atoms with Crippen molar-refractivity contribution in [1.82, 2.24) is 14.1 Å². The van der Waals surface area contributed by atoms with E-state index in [4.69, 9.17) is 16.3 Å². The number of hydrogen-bond donors (Lipinski definition) is 0. The fourth-order valence-corrected chi connectivity index (χ4v) is 3.45. The molecule has 0 aliphatic heterocycles. The SMILES string of the molecule is CC(F)Cc1nc2ccc(-n3ccc(OCc4ccc(Cl)cc4)cc3=O)cc2n1C. The Labute approximate surface area is 178 Å². The van der Waals surface area contributed by atoms with Crippen molar-refractivity contribution in [2.24, 2.45) is 7.05 Å². The summed E-state index contributed by atoms with van der Waals surface area (Å²) in [5.41, 5.74) is 3.08. The first kappa shape index (κ1) is 20.2. The highest BCUT2D eigenvalue weighted by Crippen LogP contribution is 2.21. The Morgan fingerprint density at radius 1 is 1.13 bits per heavy atom. The van der Waals surface area contributed by atoms with Gasteiger partial charge in [0.1, 0.15) is 24.4 Å². The van der Waals surface area contributed by atoms with Crippen LogP contribution in [0, 0.1) is 0 Å². The van der Waals surface area contributed by atoms with Gasteiger partial charge >= 0.3 is 0 Å². The molecule has 5 nitrogen and oxygen atoms in total. The number of halogens is 2. The normalized spacial score (nSPS) is 12.3. The van der Waals surface area contributed by atoms with Crippen molar-refractivity contribution in [3.8, 4) is 11.4 Å². The Kier molecular flexibility index (Phi) is 5.59.